The quantitative estimate of drug-likeness (QED) is 0.603. The third kappa shape index (κ3) is 3.40. The number of thiol groups is 1. The van der Waals surface area contributed by atoms with Crippen molar-refractivity contribution in [2.75, 3.05) is 10.8 Å². The fourth-order valence-electron chi connectivity index (χ4n) is 2.78. The van der Waals surface area contributed by atoms with Crippen LogP contribution in [-0.4, -0.2) is 12.6 Å². The van der Waals surface area contributed by atoms with Gasteiger partial charge in [-0.3, -0.25) is 0 Å². The normalized spacial score (nSPS) is 12.0. The molecule has 2 aromatic rings. The molecule has 2 amide bonds. The second-order valence-corrected chi connectivity index (χ2v) is 7.53. The SMILES string of the molecule is CC(C)CNC(=O)N(S)c1ccc2c(c1)Cc1cc(Br)ccc1-2. The number of benzene rings is 2. The first-order valence-electron chi connectivity index (χ1n) is 7.64. The Morgan fingerprint density at radius 1 is 1.22 bits per heavy atom. The van der Waals surface area contributed by atoms with Gasteiger partial charge >= 0.3 is 6.03 Å². The van der Waals surface area contributed by atoms with Gasteiger partial charge in [0.25, 0.3) is 0 Å². The predicted octanol–water partition coefficient (Wildman–Crippen LogP) is 5.04. The number of carbonyl (C=O) groups is 1. The Labute approximate surface area is 150 Å². The van der Waals surface area contributed by atoms with Crippen LogP contribution in [0.1, 0.15) is 25.0 Å². The van der Waals surface area contributed by atoms with Crippen LogP contribution in [0.5, 0.6) is 0 Å². The summed E-state index contributed by atoms with van der Waals surface area (Å²) in [5.74, 6) is 0.411. The summed E-state index contributed by atoms with van der Waals surface area (Å²) >= 11 is 7.87. The minimum absolute atomic E-state index is 0.194. The molecular weight excluding hydrogens is 372 g/mol. The van der Waals surface area contributed by atoms with Crippen molar-refractivity contribution in [2.24, 2.45) is 5.92 Å². The van der Waals surface area contributed by atoms with E-state index in [9.17, 15) is 4.79 Å². The van der Waals surface area contributed by atoms with Crippen LogP contribution in [0.4, 0.5) is 10.5 Å². The number of nitrogens with one attached hydrogen (secondary N) is 1. The van der Waals surface area contributed by atoms with Crippen molar-refractivity contribution in [3.63, 3.8) is 0 Å². The Balaban J connectivity index is 1.82. The van der Waals surface area contributed by atoms with E-state index in [2.05, 4.69) is 72.2 Å². The van der Waals surface area contributed by atoms with Gasteiger partial charge in [0.15, 0.2) is 0 Å². The van der Waals surface area contributed by atoms with Crippen LogP contribution >= 0.6 is 28.7 Å². The van der Waals surface area contributed by atoms with Crippen molar-refractivity contribution in [3.8, 4) is 11.1 Å². The lowest BCUT2D eigenvalue weighted by Crippen LogP contribution is -2.36. The highest BCUT2D eigenvalue weighted by molar-refractivity contribution is 9.10. The predicted molar refractivity (Wildman–Crippen MR) is 102 cm³/mol. The van der Waals surface area contributed by atoms with Gasteiger partial charge in [-0.2, -0.15) is 0 Å². The second kappa shape index (κ2) is 6.57. The zero-order chi connectivity index (χ0) is 16.6. The van der Waals surface area contributed by atoms with Gasteiger partial charge in [-0.25, -0.2) is 9.10 Å². The number of carbonyl (C=O) groups excluding carboxylic acids is 1. The van der Waals surface area contributed by atoms with Gasteiger partial charge in [-0.05, 0) is 58.9 Å². The van der Waals surface area contributed by atoms with Crippen molar-refractivity contribution in [3.05, 3.63) is 52.0 Å². The van der Waals surface area contributed by atoms with Gasteiger partial charge in [-0.15, -0.1) is 0 Å². The molecule has 0 unspecified atom stereocenters. The third-order valence-electron chi connectivity index (χ3n) is 3.93. The van der Waals surface area contributed by atoms with Gasteiger partial charge in [0.1, 0.15) is 0 Å². The van der Waals surface area contributed by atoms with Gasteiger partial charge in [0, 0.05) is 11.0 Å². The smallest absolute Gasteiger partial charge is 0.331 e. The van der Waals surface area contributed by atoms with E-state index < -0.39 is 0 Å². The lowest BCUT2D eigenvalue weighted by atomic mass is 10.1. The maximum atomic E-state index is 12.1. The van der Waals surface area contributed by atoms with Crippen molar-refractivity contribution < 1.29 is 4.79 Å². The number of rotatable bonds is 3. The number of fused-ring (bicyclic) bond motifs is 3. The molecule has 23 heavy (non-hydrogen) atoms. The summed E-state index contributed by atoms with van der Waals surface area (Å²) < 4.78 is 2.47. The van der Waals surface area contributed by atoms with E-state index in [4.69, 9.17) is 0 Å². The van der Waals surface area contributed by atoms with Gasteiger partial charge in [0.2, 0.25) is 0 Å². The standard InChI is InChI=1S/C18H19BrN2OS/c1-11(2)10-20-18(22)21(23)15-4-6-17-13(9-15)7-12-8-14(19)3-5-16(12)17/h3-6,8-9,11,23H,7,10H2,1-2H3,(H,20,22). The van der Waals surface area contributed by atoms with Crippen LogP contribution in [0.15, 0.2) is 40.9 Å². The molecule has 0 saturated carbocycles. The van der Waals surface area contributed by atoms with Crippen LogP contribution in [-0.2, 0) is 6.42 Å². The molecule has 0 heterocycles. The Hall–Kier alpha value is -1.46. The van der Waals surface area contributed by atoms with Crippen LogP contribution in [0.2, 0.25) is 0 Å². The molecule has 0 atom stereocenters. The van der Waals surface area contributed by atoms with Crippen LogP contribution in [0.3, 0.4) is 0 Å². The van der Waals surface area contributed by atoms with Crippen molar-refractivity contribution in [1.82, 2.24) is 5.32 Å². The van der Waals surface area contributed by atoms with Crippen LogP contribution in [0.25, 0.3) is 11.1 Å². The minimum atomic E-state index is -0.194. The topological polar surface area (TPSA) is 32.3 Å². The number of anilines is 1. The van der Waals surface area contributed by atoms with Gasteiger partial charge < -0.3 is 5.32 Å². The first-order valence-corrected chi connectivity index (χ1v) is 8.83. The number of urea groups is 1. The number of hydrogen-bond donors (Lipinski definition) is 2. The Morgan fingerprint density at radius 3 is 2.57 bits per heavy atom. The van der Waals surface area contributed by atoms with E-state index >= 15 is 0 Å². The number of hydrogen-bond acceptors (Lipinski definition) is 2. The summed E-state index contributed by atoms with van der Waals surface area (Å²) in [6.07, 6.45) is 0.882. The Bertz CT molecular complexity index is 761. The summed E-state index contributed by atoms with van der Waals surface area (Å²) in [4.78, 5) is 12.1. The summed E-state index contributed by atoms with van der Waals surface area (Å²) in [6.45, 7) is 4.77. The minimum Gasteiger partial charge on any atom is -0.337 e. The second-order valence-electron chi connectivity index (χ2n) is 6.21. The molecule has 1 aliphatic rings. The molecular formula is C18H19BrN2OS. The fourth-order valence-corrected chi connectivity index (χ4v) is 3.38. The van der Waals surface area contributed by atoms with Crippen molar-refractivity contribution in [1.29, 1.82) is 0 Å². The lowest BCUT2D eigenvalue weighted by Gasteiger charge is -2.18. The zero-order valence-electron chi connectivity index (χ0n) is 13.1. The summed E-state index contributed by atoms with van der Waals surface area (Å²) in [7, 11) is 0. The molecule has 0 fully saturated rings. The number of nitrogens with zero attached hydrogens (tertiary/aromatic N) is 1. The molecule has 0 aliphatic heterocycles. The largest absolute Gasteiger partial charge is 0.337 e. The fraction of sp³-hybridized carbons (Fsp3) is 0.278. The highest BCUT2D eigenvalue weighted by Gasteiger charge is 2.21. The van der Waals surface area contributed by atoms with E-state index in [0.717, 1.165) is 16.6 Å². The monoisotopic (exact) mass is 390 g/mol. The average molecular weight is 391 g/mol. The number of amides is 2. The van der Waals surface area contributed by atoms with Gasteiger partial charge in [-0.1, -0.05) is 54.7 Å². The molecule has 1 aliphatic carbocycles. The van der Waals surface area contributed by atoms with E-state index in [1.165, 1.54) is 26.6 Å². The maximum Gasteiger partial charge on any atom is 0.331 e. The molecule has 1 N–H and O–H groups in total. The molecule has 0 bridgehead atoms. The Morgan fingerprint density at radius 2 is 1.87 bits per heavy atom. The first-order chi connectivity index (χ1) is 11.0. The molecule has 5 heteroatoms. The molecule has 0 saturated heterocycles. The molecule has 120 valence electrons. The van der Waals surface area contributed by atoms with Crippen molar-refractivity contribution >= 4 is 40.5 Å². The van der Waals surface area contributed by atoms with Crippen molar-refractivity contribution in [2.45, 2.75) is 20.3 Å². The van der Waals surface area contributed by atoms with E-state index in [0.29, 0.717) is 12.5 Å². The molecule has 0 radical (unpaired) electrons. The molecule has 3 rings (SSSR count). The first kappa shape index (κ1) is 16.4. The van der Waals surface area contributed by atoms with E-state index in [-0.39, 0.29) is 6.03 Å². The summed E-state index contributed by atoms with van der Waals surface area (Å²) in [5.41, 5.74) is 5.83. The molecule has 3 nitrogen and oxygen atoms in total. The maximum absolute atomic E-state index is 12.1. The average Bonchev–Trinajstić information content (AvgIpc) is 2.87. The Kier molecular flexibility index (Phi) is 4.69. The molecule has 0 spiro atoms. The van der Waals surface area contributed by atoms with Crippen LogP contribution < -0.4 is 9.62 Å². The van der Waals surface area contributed by atoms with Crippen LogP contribution in [0, 0.1) is 5.92 Å². The zero-order valence-corrected chi connectivity index (χ0v) is 15.6. The summed E-state index contributed by atoms with van der Waals surface area (Å²) in [5, 5.41) is 2.88. The highest BCUT2D eigenvalue weighted by Crippen LogP contribution is 2.39. The van der Waals surface area contributed by atoms with E-state index in [1.54, 1.807) is 0 Å². The lowest BCUT2D eigenvalue weighted by molar-refractivity contribution is 0.248. The van der Waals surface area contributed by atoms with Gasteiger partial charge in [0.05, 0.1) is 5.69 Å². The molecule has 2 aromatic carbocycles. The highest BCUT2D eigenvalue weighted by atomic mass is 79.9. The third-order valence-corrected chi connectivity index (χ3v) is 4.83. The van der Waals surface area contributed by atoms with E-state index in [1.807, 2.05) is 12.1 Å². The number of halogens is 1. The summed E-state index contributed by atoms with van der Waals surface area (Å²) in [6, 6.07) is 12.2. The molecule has 0 aromatic heterocycles.